The van der Waals surface area contributed by atoms with Crippen molar-refractivity contribution in [1.82, 2.24) is 25.5 Å². The summed E-state index contributed by atoms with van der Waals surface area (Å²) in [5.74, 6) is 0.00234. The second-order valence-corrected chi connectivity index (χ2v) is 8.03. The minimum atomic E-state index is -0.251. The lowest BCUT2D eigenvalue weighted by Gasteiger charge is -2.26. The van der Waals surface area contributed by atoms with E-state index in [1.807, 2.05) is 38.3 Å². The van der Waals surface area contributed by atoms with Crippen molar-refractivity contribution in [3.05, 3.63) is 22.4 Å². The Balaban J connectivity index is 1.99. The van der Waals surface area contributed by atoms with Gasteiger partial charge >= 0.3 is 0 Å². The maximum atomic E-state index is 12.3. The molecule has 2 rings (SSSR count). The molecule has 0 fully saturated rings. The molecular weight excluding hydrogens is 318 g/mol. The second kappa shape index (κ2) is 7.23. The van der Waals surface area contributed by atoms with Gasteiger partial charge < -0.3 is 5.32 Å². The van der Waals surface area contributed by atoms with E-state index in [1.54, 1.807) is 16.0 Å². The summed E-state index contributed by atoms with van der Waals surface area (Å²) in [7, 11) is 0. The maximum Gasteiger partial charge on any atom is 0.233 e. The largest absolute Gasteiger partial charge is 0.350 e. The van der Waals surface area contributed by atoms with Crippen LogP contribution in [0.2, 0.25) is 0 Å². The van der Waals surface area contributed by atoms with E-state index in [2.05, 4.69) is 27.8 Å². The minimum Gasteiger partial charge on any atom is -0.350 e. The van der Waals surface area contributed by atoms with Gasteiger partial charge in [0.15, 0.2) is 0 Å². The SMILES string of the molecule is CCC(C)(C)NC(=O)C(C)Sc1nnnn1Cc1cccs1. The van der Waals surface area contributed by atoms with Gasteiger partial charge in [0.05, 0.1) is 11.8 Å². The molecule has 0 bridgehead atoms. The van der Waals surface area contributed by atoms with Crippen LogP contribution in [0.25, 0.3) is 0 Å². The molecule has 0 aliphatic rings. The number of thiophene rings is 1. The van der Waals surface area contributed by atoms with E-state index in [-0.39, 0.29) is 16.7 Å². The third-order valence-corrected chi connectivity index (χ3v) is 5.31. The molecule has 1 amide bonds. The Kier molecular flexibility index (Phi) is 5.57. The molecule has 0 radical (unpaired) electrons. The molecule has 8 heteroatoms. The summed E-state index contributed by atoms with van der Waals surface area (Å²) >= 11 is 3.04. The number of nitrogens with one attached hydrogen (secondary N) is 1. The molecule has 120 valence electrons. The molecule has 2 aromatic heterocycles. The monoisotopic (exact) mass is 339 g/mol. The number of hydrogen-bond donors (Lipinski definition) is 1. The van der Waals surface area contributed by atoms with E-state index in [9.17, 15) is 4.79 Å². The smallest absolute Gasteiger partial charge is 0.233 e. The molecule has 1 unspecified atom stereocenters. The first-order valence-corrected chi connectivity index (χ1v) is 8.94. The van der Waals surface area contributed by atoms with Gasteiger partial charge in [-0.2, -0.15) is 0 Å². The van der Waals surface area contributed by atoms with Crippen LogP contribution in [0, 0.1) is 0 Å². The fourth-order valence-electron chi connectivity index (χ4n) is 1.67. The molecule has 0 saturated heterocycles. The van der Waals surface area contributed by atoms with Crippen molar-refractivity contribution < 1.29 is 4.79 Å². The Hall–Kier alpha value is -1.41. The van der Waals surface area contributed by atoms with Crippen LogP contribution in [0.3, 0.4) is 0 Å². The molecule has 0 aliphatic heterocycles. The second-order valence-electron chi connectivity index (χ2n) is 5.69. The zero-order chi connectivity index (χ0) is 16.2. The average molecular weight is 339 g/mol. The van der Waals surface area contributed by atoms with Crippen LogP contribution in [-0.4, -0.2) is 36.9 Å². The van der Waals surface area contributed by atoms with E-state index in [4.69, 9.17) is 0 Å². The van der Waals surface area contributed by atoms with E-state index in [1.165, 1.54) is 16.6 Å². The van der Waals surface area contributed by atoms with Crippen molar-refractivity contribution in [3.63, 3.8) is 0 Å². The Labute approximate surface area is 138 Å². The van der Waals surface area contributed by atoms with Crippen molar-refractivity contribution >= 4 is 29.0 Å². The predicted octanol–water partition coefficient (Wildman–Crippen LogP) is 2.57. The molecule has 1 atom stereocenters. The lowest BCUT2D eigenvalue weighted by Crippen LogP contribution is -2.46. The van der Waals surface area contributed by atoms with E-state index in [0.29, 0.717) is 11.7 Å². The van der Waals surface area contributed by atoms with Crippen molar-refractivity contribution in [3.8, 4) is 0 Å². The minimum absolute atomic E-state index is 0.00234. The molecule has 6 nitrogen and oxygen atoms in total. The highest BCUT2D eigenvalue weighted by Gasteiger charge is 2.24. The number of carbonyl (C=O) groups is 1. The standard InChI is InChI=1S/C14H21N5OS2/c1-5-14(3,4)15-12(20)10(2)22-13-16-17-18-19(13)9-11-7-6-8-21-11/h6-8,10H,5,9H2,1-4H3,(H,15,20). The number of carbonyl (C=O) groups excluding carboxylic acids is 1. The summed E-state index contributed by atoms with van der Waals surface area (Å²) in [5, 5.41) is 17.2. The zero-order valence-corrected chi connectivity index (χ0v) is 14.9. The number of hydrogen-bond acceptors (Lipinski definition) is 6. The number of thioether (sulfide) groups is 1. The molecule has 0 aromatic carbocycles. The van der Waals surface area contributed by atoms with Gasteiger partial charge in [-0.05, 0) is 49.1 Å². The first kappa shape index (κ1) is 17.0. The lowest BCUT2D eigenvalue weighted by atomic mass is 10.0. The number of amides is 1. The van der Waals surface area contributed by atoms with Gasteiger partial charge in [0.1, 0.15) is 0 Å². The third kappa shape index (κ3) is 4.54. The lowest BCUT2D eigenvalue weighted by molar-refractivity contribution is -0.121. The number of tetrazole rings is 1. The van der Waals surface area contributed by atoms with Crippen LogP contribution in [0.5, 0.6) is 0 Å². The summed E-state index contributed by atoms with van der Waals surface area (Å²) in [4.78, 5) is 13.4. The molecule has 1 N–H and O–H groups in total. The third-order valence-electron chi connectivity index (χ3n) is 3.38. The van der Waals surface area contributed by atoms with Crippen LogP contribution < -0.4 is 5.32 Å². The van der Waals surface area contributed by atoms with Crippen LogP contribution >= 0.6 is 23.1 Å². The van der Waals surface area contributed by atoms with Crippen LogP contribution in [0.15, 0.2) is 22.7 Å². The Bertz CT molecular complexity index is 609. The van der Waals surface area contributed by atoms with Gasteiger partial charge in [0.2, 0.25) is 11.1 Å². The van der Waals surface area contributed by atoms with Crippen LogP contribution in [0.4, 0.5) is 0 Å². The highest BCUT2D eigenvalue weighted by atomic mass is 32.2. The summed E-state index contributed by atoms with van der Waals surface area (Å²) in [5.41, 5.74) is -0.200. The normalized spacial score (nSPS) is 13.1. The molecule has 2 aromatic rings. The van der Waals surface area contributed by atoms with Crippen molar-refractivity contribution in [2.24, 2.45) is 0 Å². The molecular formula is C14H21N5OS2. The van der Waals surface area contributed by atoms with Gasteiger partial charge in [0, 0.05) is 10.4 Å². The Morgan fingerprint density at radius 1 is 1.55 bits per heavy atom. The molecule has 2 heterocycles. The topological polar surface area (TPSA) is 72.7 Å². The van der Waals surface area contributed by atoms with Gasteiger partial charge in [-0.15, -0.1) is 16.4 Å². The van der Waals surface area contributed by atoms with Gasteiger partial charge in [-0.25, -0.2) is 4.68 Å². The van der Waals surface area contributed by atoms with Crippen molar-refractivity contribution in [1.29, 1.82) is 0 Å². The summed E-state index contributed by atoms with van der Waals surface area (Å²) in [6, 6.07) is 4.04. The Morgan fingerprint density at radius 3 is 2.95 bits per heavy atom. The fourth-order valence-corrected chi connectivity index (χ4v) is 3.14. The van der Waals surface area contributed by atoms with Crippen LogP contribution in [-0.2, 0) is 11.3 Å². The quantitative estimate of drug-likeness (QED) is 0.785. The maximum absolute atomic E-state index is 12.3. The van der Waals surface area contributed by atoms with Crippen molar-refractivity contribution in [2.45, 2.75) is 56.6 Å². The summed E-state index contributed by atoms with van der Waals surface area (Å²) < 4.78 is 1.73. The van der Waals surface area contributed by atoms with E-state index in [0.717, 1.165) is 6.42 Å². The van der Waals surface area contributed by atoms with E-state index < -0.39 is 0 Å². The number of nitrogens with zero attached hydrogens (tertiary/aromatic N) is 4. The average Bonchev–Trinajstić information content (AvgIpc) is 3.11. The Morgan fingerprint density at radius 2 is 2.32 bits per heavy atom. The zero-order valence-electron chi connectivity index (χ0n) is 13.2. The first-order valence-electron chi connectivity index (χ1n) is 7.18. The molecule has 22 heavy (non-hydrogen) atoms. The van der Waals surface area contributed by atoms with Crippen molar-refractivity contribution in [2.75, 3.05) is 0 Å². The van der Waals surface area contributed by atoms with E-state index >= 15 is 0 Å². The number of aromatic nitrogens is 4. The van der Waals surface area contributed by atoms with Gasteiger partial charge in [-0.3, -0.25) is 4.79 Å². The van der Waals surface area contributed by atoms with Gasteiger partial charge in [-0.1, -0.05) is 24.8 Å². The summed E-state index contributed by atoms with van der Waals surface area (Å²) in [6.07, 6.45) is 0.881. The predicted molar refractivity (Wildman–Crippen MR) is 89.1 cm³/mol. The first-order chi connectivity index (χ1) is 10.4. The highest BCUT2D eigenvalue weighted by molar-refractivity contribution is 8.00. The number of rotatable bonds is 7. The summed E-state index contributed by atoms with van der Waals surface area (Å²) in [6.45, 7) is 8.59. The fraction of sp³-hybridized carbons (Fsp3) is 0.571. The molecule has 0 aliphatic carbocycles. The molecule has 0 saturated carbocycles. The van der Waals surface area contributed by atoms with Gasteiger partial charge in [0.25, 0.3) is 0 Å². The van der Waals surface area contributed by atoms with Crippen LogP contribution in [0.1, 0.15) is 39.0 Å². The highest BCUT2D eigenvalue weighted by Crippen LogP contribution is 2.22. The molecule has 0 spiro atoms.